The summed E-state index contributed by atoms with van der Waals surface area (Å²) in [7, 11) is 0. The van der Waals surface area contributed by atoms with E-state index in [1.165, 1.54) is 0 Å². The summed E-state index contributed by atoms with van der Waals surface area (Å²) < 4.78 is 6.13. The van der Waals surface area contributed by atoms with Gasteiger partial charge in [-0.15, -0.1) is 0 Å². The van der Waals surface area contributed by atoms with Crippen molar-refractivity contribution >= 4 is 45.0 Å². The molecule has 0 aromatic heterocycles. The zero-order valence-corrected chi connectivity index (χ0v) is 15.3. The minimum Gasteiger partial charge on any atom is -0.484 e. The number of hydrogen-bond donors (Lipinski definition) is 2. The van der Waals surface area contributed by atoms with E-state index >= 15 is 0 Å². The van der Waals surface area contributed by atoms with Gasteiger partial charge in [-0.25, -0.2) is 0 Å². The van der Waals surface area contributed by atoms with Gasteiger partial charge >= 0.3 is 0 Å². The number of carbonyl (C=O) groups excluding carboxylic acids is 2. The lowest BCUT2D eigenvalue weighted by molar-refractivity contribution is -0.125. The van der Waals surface area contributed by atoms with E-state index in [2.05, 4.69) is 26.6 Å². The van der Waals surface area contributed by atoms with Gasteiger partial charge in [0.2, 0.25) is 5.91 Å². The number of anilines is 1. The zero-order chi connectivity index (χ0) is 17.5. The summed E-state index contributed by atoms with van der Waals surface area (Å²) in [6, 6.07) is 12.4. The molecule has 24 heavy (non-hydrogen) atoms. The number of para-hydroxylation sites is 1. The highest BCUT2D eigenvalue weighted by atomic mass is 79.9. The van der Waals surface area contributed by atoms with Crippen molar-refractivity contribution in [2.24, 2.45) is 0 Å². The predicted molar refractivity (Wildman–Crippen MR) is 97.5 cm³/mol. The first-order chi connectivity index (χ1) is 11.5. The van der Waals surface area contributed by atoms with Crippen LogP contribution in [0, 0.1) is 6.92 Å². The van der Waals surface area contributed by atoms with Crippen molar-refractivity contribution in [2.75, 3.05) is 18.5 Å². The first kappa shape index (κ1) is 18.3. The van der Waals surface area contributed by atoms with E-state index in [0.717, 1.165) is 10.0 Å². The maximum atomic E-state index is 11.8. The fourth-order valence-electron chi connectivity index (χ4n) is 1.84. The standard InChI is InChI=1S/C17H16BrClN2O3/c1-11-8-12(6-7-14(11)19)24-10-17(23)20-9-16(22)21-15-5-3-2-4-13(15)18/h2-8H,9-10H2,1H3,(H,20,23)(H,21,22). The van der Waals surface area contributed by atoms with Crippen LogP contribution < -0.4 is 15.4 Å². The summed E-state index contributed by atoms with van der Waals surface area (Å²) in [5.41, 5.74) is 1.51. The monoisotopic (exact) mass is 410 g/mol. The van der Waals surface area contributed by atoms with Gasteiger partial charge in [0.05, 0.1) is 12.2 Å². The summed E-state index contributed by atoms with van der Waals surface area (Å²) >= 11 is 9.26. The Morgan fingerprint density at radius 2 is 1.92 bits per heavy atom. The van der Waals surface area contributed by atoms with Gasteiger partial charge in [-0.2, -0.15) is 0 Å². The zero-order valence-electron chi connectivity index (χ0n) is 12.9. The molecule has 0 heterocycles. The van der Waals surface area contributed by atoms with Crippen LogP contribution in [0.25, 0.3) is 0 Å². The van der Waals surface area contributed by atoms with Crippen molar-refractivity contribution in [1.82, 2.24) is 5.32 Å². The number of halogens is 2. The number of rotatable bonds is 6. The summed E-state index contributed by atoms with van der Waals surface area (Å²) in [5.74, 6) is -0.160. The molecule has 126 valence electrons. The maximum absolute atomic E-state index is 11.8. The lowest BCUT2D eigenvalue weighted by Gasteiger charge is -2.10. The molecule has 2 aromatic rings. The molecular weight excluding hydrogens is 396 g/mol. The molecular formula is C17H16BrClN2O3. The number of carbonyl (C=O) groups is 2. The highest BCUT2D eigenvalue weighted by Gasteiger charge is 2.08. The highest BCUT2D eigenvalue weighted by molar-refractivity contribution is 9.10. The Morgan fingerprint density at radius 3 is 2.62 bits per heavy atom. The molecule has 0 unspecified atom stereocenters. The van der Waals surface area contributed by atoms with E-state index < -0.39 is 0 Å². The molecule has 5 nitrogen and oxygen atoms in total. The van der Waals surface area contributed by atoms with Crippen LogP contribution in [-0.4, -0.2) is 25.0 Å². The minimum atomic E-state index is -0.384. The number of aryl methyl sites for hydroxylation is 1. The van der Waals surface area contributed by atoms with Crippen molar-refractivity contribution in [3.8, 4) is 5.75 Å². The Bertz CT molecular complexity index is 752. The van der Waals surface area contributed by atoms with Gasteiger partial charge in [0, 0.05) is 9.50 Å². The number of amides is 2. The van der Waals surface area contributed by atoms with Gasteiger partial charge < -0.3 is 15.4 Å². The molecule has 0 radical (unpaired) electrons. The first-order valence-electron chi connectivity index (χ1n) is 7.16. The molecule has 0 bridgehead atoms. The molecule has 2 N–H and O–H groups in total. The highest BCUT2D eigenvalue weighted by Crippen LogP contribution is 2.21. The van der Waals surface area contributed by atoms with Gasteiger partial charge in [0.1, 0.15) is 5.75 Å². The molecule has 2 rings (SSSR count). The maximum Gasteiger partial charge on any atom is 0.258 e. The topological polar surface area (TPSA) is 67.4 Å². The van der Waals surface area contributed by atoms with Crippen LogP contribution in [0.4, 0.5) is 5.69 Å². The molecule has 0 atom stereocenters. The average Bonchev–Trinajstić information content (AvgIpc) is 2.56. The lowest BCUT2D eigenvalue weighted by Crippen LogP contribution is -2.35. The second kappa shape index (κ2) is 8.70. The fourth-order valence-corrected chi connectivity index (χ4v) is 2.34. The van der Waals surface area contributed by atoms with Gasteiger partial charge in [0.15, 0.2) is 6.61 Å². The van der Waals surface area contributed by atoms with Crippen LogP contribution in [0.2, 0.25) is 5.02 Å². The molecule has 0 aliphatic heterocycles. The number of hydrogen-bond acceptors (Lipinski definition) is 3. The average molecular weight is 412 g/mol. The molecule has 0 saturated carbocycles. The lowest BCUT2D eigenvalue weighted by atomic mass is 10.2. The minimum absolute atomic E-state index is 0.136. The fraction of sp³-hybridized carbons (Fsp3) is 0.176. The third kappa shape index (κ3) is 5.54. The Labute approximate surface area is 153 Å². The van der Waals surface area contributed by atoms with E-state index in [4.69, 9.17) is 16.3 Å². The summed E-state index contributed by atoms with van der Waals surface area (Å²) in [6.45, 7) is 1.54. The van der Waals surface area contributed by atoms with Crippen LogP contribution in [-0.2, 0) is 9.59 Å². The molecule has 0 saturated heterocycles. The smallest absolute Gasteiger partial charge is 0.258 e. The van der Waals surface area contributed by atoms with Crippen LogP contribution >= 0.6 is 27.5 Å². The van der Waals surface area contributed by atoms with Gasteiger partial charge in [-0.3, -0.25) is 9.59 Å². The third-order valence-corrected chi connectivity index (χ3v) is 4.21. The van der Waals surface area contributed by atoms with Crippen LogP contribution in [0.5, 0.6) is 5.75 Å². The predicted octanol–water partition coefficient (Wildman–Crippen LogP) is 3.54. The quantitative estimate of drug-likeness (QED) is 0.764. The number of nitrogens with one attached hydrogen (secondary N) is 2. The van der Waals surface area contributed by atoms with Gasteiger partial charge in [0.25, 0.3) is 5.91 Å². The Hall–Kier alpha value is -2.05. The van der Waals surface area contributed by atoms with Crippen LogP contribution in [0.15, 0.2) is 46.9 Å². The van der Waals surface area contributed by atoms with E-state index in [1.807, 2.05) is 19.1 Å². The molecule has 0 aliphatic rings. The Morgan fingerprint density at radius 1 is 1.17 bits per heavy atom. The molecule has 0 fully saturated rings. The molecule has 7 heteroatoms. The second-order valence-corrected chi connectivity index (χ2v) is 6.27. The van der Waals surface area contributed by atoms with Crippen molar-refractivity contribution in [2.45, 2.75) is 6.92 Å². The van der Waals surface area contributed by atoms with E-state index in [1.54, 1.807) is 30.3 Å². The molecule has 0 spiro atoms. The molecule has 0 aliphatic carbocycles. The largest absolute Gasteiger partial charge is 0.484 e. The van der Waals surface area contributed by atoms with E-state index in [9.17, 15) is 9.59 Å². The second-order valence-electron chi connectivity index (χ2n) is 5.00. The van der Waals surface area contributed by atoms with Gasteiger partial charge in [-0.1, -0.05) is 23.7 Å². The Kier molecular flexibility index (Phi) is 6.63. The number of benzene rings is 2. The van der Waals surface area contributed by atoms with Crippen molar-refractivity contribution in [1.29, 1.82) is 0 Å². The summed E-state index contributed by atoms with van der Waals surface area (Å²) in [4.78, 5) is 23.6. The Balaban J connectivity index is 1.75. The van der Waals surface area contributed by atoms with Crippen LogP contribution in [0.3, 0.4) is 0 Å². The van der Waals surface area contributed by atoms with E-state index in [-0.39, 0.29) is 25.0 Å². The normalized spacial score (nSPS) is 10.1. The van der Waals surface area contributed by atoms with Crippen molar-refractivity contribution in [3.63, 3.8) is 0 Å². The summed E-state index contributed by atoms with van der Waals surface area (Å²) in [6.07, 6.45) is 0. The molecule has 2 aromatic carbocycles. The van der Waals surface area contributed by atoms with Crippen LogP contribution in [0.1, 0.15) is 5.56 Å². The first-order valence-corrected chi connectivity index (χ1v) is 8.33. The van der Waals surface area contributed by atoms with Crippen molar-refractivity contribution < 1.29 is 14.3 Å². The van der Waals surface area contributed by atoms with Crippen molar-refractivity contribution in [3.05, 3.63) is 57.5 Å². The number of ether oxygens (including phenoxy) is 1. The SMILES string of the molecule is Cc1cc(OCC(=O)NCC(=O)Nc2ccccc2Br)ccc1Cl. The molecule has 2 amide bonds. The van der Waals surface area contributed by atoms with Gasteiger partial charge in [-0.05, 0) is 58.7 Å². The summed E-state index contributed by atoms with van der Waals surface area (Å²) in [5, 5.41) is 5.83. The van der Waals surface area contributed by atoms with E-state index in [0.29, 0.717) is 16.5 Å². The third-order valence-electron chi connectivity index (χ3n) is 3.09.